The molecule has 0 unspecified atom stereocenters. The SMILES string of the molecule is CC(C)(C)OC(=O)N1CCN(CCc2ccc(C3CC3)cn2)CC1.CNC(=O)c1cc(C(=O)O)c(C)cc1O. The molecule has 2 heterocycles. The summed E-state index contributed by atoms with van der Waals surface area (Å²) < 4.78 is 5.44. The molecule has 10 nitrogen and oxygen atoms in total. The van der Waals surface area contributed by atoms with Gasteiger partial charge in [-0.3, -0.25) is 14.7 Å². The molecule has 1 saturated heterocycles. The molecule has 3 N–H and O–H groups in total. The lowest BCUT2D eigenvalue weighted by atomic mass is 10.0. The molecule has 1 aromatic heterocycles. The summed E-state index contributed by atoms with van der Waals surface area (Å²) in [5, 5.41) is 20.6. The number of nitrogens with zero attached hydrogens (tertiary/aromatic N) is 3. The number of ether oxygens (including phenoxy) is 1. The van der Waals surface area contributed by atoms with E-state index in [1.54, 1.807) is 6.92 Å². The third-order valence-electron chi connectivity index (χ3n) is 6.65. The van der Waals surface area contributed by atoms with Crippen molar-refractivity contribution in [1.82, 2.24) is 20.1 Å². The highest BCUT2D eigenvalue weighted by Gasteiger charge is 2.26. The molecule has 10 heteroatoms. The second kappa shape index (κ2) is 12.9. The first-order chi connectivity index (χ1) is 18.4. The van der Waals surface area contributed by atoms with Crippen LogP contribution in [0.5, 0.6) is 5.75 Å². The predicted molar refractivity (Wildman–Crippen MR) is 147 cm³/mol. The topological polar surface area (TPSA) is 132 Å². The van der Waals surface area contributed by atoms with Gasteiger partial charge in [0.05, 0.1) is 11.1 Å². The van der Waals surface area contributed by atoms with Gasteiger partial charge in [0.1, 0.15) is 11.4 Å². The summed E-state index contributed by atoms with van der Waals surface area (Å²) in [7, 11) is 1.40. The summed E-state index contributed by atoms with van der Waals surface area (Å²) in [6.07, 6.45) is 5.47. The van der Waals surface area contributed by atoms with E-state index in [4.69, 9.17) is 9.84 Å². The molecular weight excluding hydrogens is 500 g/mol. The molecule has 1 aromatic carbocycles. The van der Waals surface area contributed by atoms with E-state index in [2.05, 4.69) is 27.3 Å². The third kappa shape index (κ3) is 8.95. The average Bonchev–Trinajstić information content (AvgIpc) is 3.72. The number of nitrogens with one attached hydrogen (secondary N) is 1. The van der Waals surface area contributed by atoms with Gasteiger partial charge in [-0.15, -0.1) is 0 Å². The van der Waals surface area contributed by atoms with Gasteiger partial charge in [-0.25, -0.2) is 9.59 Å². The molecule has 0 bridgehead atoms. The van der Waals surface area contributed by atoms with Gasteiger partial charge in [-0.2, -0.15) is 0 Å². The third-order valence-corrected chi connectivity index (χ3v) is 6.65. The van der Waals surface area contributed by atoms with Crippen LogP contribution >= 0.6 is 0 Å². The minimum absolute atomic E-state index is 0.00593. The van der Waals surface area contributed by atoms with E-state index >= 15 is 0 Å². The summed E-state index contributed by atoms with van der Waals surface area (Å²) >= 11 is 0. The Labute approximate surface area is 230 Å². The van der Waals surface area contributed by atoms with E-state index in [0.29, 0.717) is 5.56 Å². The zero-order valence-electron chi connectivity index (χ0n) is 23.5. The number of hydrogen-bond acceptors (Lipinski definition) is 7. The smallest absolute Gasteiger partial charge is 0.410 e. The highest BCUT2D eigenvalue weighted by atomic mass is 16.6. The lowest BCUT2D eigenvalue weighted by molar-refractivity contribution is 0.0145. The largest absolute Gasteiger partial charge is 0.507 e. The maximum atomic E-state index is 12.1. The molecule has 1 aliphatic carbocycles. The molecule has 2 amide bonds. The minimum Gasteiger partial charge on any atom is -0.507 e. The highest BCUT2D eigenvalue weighted by molar-refractivity contribution is 6.00. The normalized spacial score (nSPS) is 15.7. The number of rotatable bonds is 6. The fourth-order valence-electron chi connectivity index (χ4n) is 4.23. The number of benzene rings is 1. The van der Waals surface area contributed by atoms with Crippen LogP contribution in [0.25, 0.3) is 0 Å². The number of pyridine rings is 1. The van der Waals surface area contributed by atoms with Gasteiger partial charge in [0.15, 0.2) is 0 Å². The quantitative estimate of drug-likeness (QED) is 0.504. The Bertz CT molecular complexity index is 1160. The Kier molecular flexibility index (Phi) is 9.91. The number of carbonyl (C=O) groups is 3. The minimum atomic E-state index is -1.13. The Morgan fingerprint density at radius 2 is 1.74 bits per heavy atom. The molecule has 212 valence electrons. The van der Waals surface area contributed by atoms with Crippen LogP contribution in [-0.4, -0.2) is 88.3 Å². The molecule has 0 spiro atoms. The van der Waals surface area contributed by atoms with Crippen LogP contribution in [0, 0.1) is 6.92 Å². The van der Waals surface area contributed by atoms with Crippen molar-refractivity contribution >= 4 is 18.0 Å². The Morgan fingerprint density at radius 1 is 1.08 bits per heavy atom. The number of aromatic hydroxyl groups is 1. The summed E-state index contributed by atoms with van der Waals surface area (Å²) in [6, 6.07) is 6.82. The van der Waals surface area contributed by atoms with E-state index in [0.717, 1.165) is 56.8 Å². The van der Waals surface area contributed by atoms with Crippen LogP contribution in [0.1, 0.15) is 77.1 Å². The summed E-state index contributed by atoms with van der Waals surface area (Å²) in [4.78, 5) is 42.9. The van der Waals surface area contributed by atoms with Gasteiger partial charge in [-0.1, -0.05) is 6.07 Å². The molecular formula is C29H40N4O6. The Balaban J connectivity index is 0.000000242. The number of carbonyl (C=O) groups excluding carboxylic acids is 2. The fourth-order valence-corrected chi connectivity index (χ4v) is 4.23. The van der Waals surface area contributed by atoms with Crippen molar-refractivity contribution in [2.24, 2.45) is 0 Å². The van der Waals surface area contributed by atoms with Crippen LogP contribution in [0.4, 0.5) is 4.79 Å². The van der Waals surface area contributed by atoms with Crippen LogP contribution in [-0.2, 0) is 11.2 Å². The number of carboxylic acids is 1. The zero-order chi connectivity index (χ0) is 28.7. The van der Waals surface area contributed by atoms with Crippen molar-refractivity contribution in [2.45, 2.75) is 58.5 Å². The first kappa shape index (κ1) is 29.9. The van der Waals surface area contributed by atoms with Crippen molar-refractivity contribution in [3.63, 3.8) is 0 Å². The van der Waals surface area contributed by atoms with Crippen molar-refractivity contribution in [3.8, 4) is 5.75 Å². The number of amides is 2. The molecule has 1 saturated carbocycles. The van der Waals surface area contributed by atoms with E-state index in [1.807, 2.05) is 31.9 Å². The second-order valence-corrected chi connectivity index (χ2v) is 11.0. The molecule has 2 fully saturated rings. The second-order valence-electron chi connectivity index (χ2n) is 11.0. The van der Waals surface area contributed by atoms with Gasteiger partial charge >= 0.3 is 12.1 Å². The fraction of sp³-hybridized carbons (Fsp3) is 0.517. The number of carboxylic acid groups (broad SMARTS) is 1. The number of aryl methyl sites for hydroxylation is 1. The summed E-state index contributed by atoms with van der Waals surface area (Å²) in [5.74, 6) is -1.10. The van der Waals surface area contributed by atoms with Crippen molar-refractivity contribution in [1.29, 1.82) is 0 Å². The summed E-state index contributed by atoms with van der Waals surface area (Å²) in [5.41, 5.74) is 2.50. The maximum Gasteiger partial charge on any atom is 0.410 e. The number of piperazine rings is 1. The number of phenolic OH excluding ortho intramolecular Hbond substituents is 1. The number of phenols is 1. The molecule has 4 rings (SSSR count). The van der Waals surface area contributed by atoms with Gasteiger partial charge in [0.25, 0.3) is 5.91 Å². The molecule has 1 aliphatic heterocycles. The number of aromatic nitrogens is 1. The Hall–Kier alpha value is -3.66. The van der Waals surface area contributed by atoms with Crippen LogP contribution in [0.2, 0.25) is 0 Å². The van der Waals surface area contributed by atoms with E-state index in [-0.39, 0.29) is 23.0 Å². The molecule has 39 heavy (non-hydrogen) atoms. The van der Waals surface area contributed by atoms with Gasteiger partial charge in [0, 0.05) is 58.1 Å². The molecule has 0 radical (unpaired) electrons. The van der Waals surface area contributed by atoms with E-state index < -0.39 is 17.5 Å². The first-order valence-corrected chi connectivity index (χ1v) is 13.3. The van der Waals surface area contributed by atoms with Crippen molar-refractivity contribution < 1.29 is 29.3 Å². The predicted octanol–water partition coefficient (Wildman–Crippen LogP) is 3.81. The highest BCUT2D eigenvalue weighted by Crippen LogP contribution is 2.39. The van der Waals surface area contributed by atoms with Crippen molar-refractivity contribution in [3.05, 3.63) is 58.4 Å². The standard InChI is InChI=1S/C19H29N3O2.C10H11NO4/c1-19(2,3)24-18(23)22-12-10-21(11-13-22)9-8-17-7-6-16(14-20-17)15-4-5-15;1-5-3-8(12)7(9(13)11-2)4-6(5)10(14)15/h6-7,14-15H,4-5,8-13H2,1-3H3;3-4,12H,1-2H3,(H,11,13)(H,14,15). The van der Waals surface area contributed by atoms with Crippen LogP contribution in [0.3, 0.4) is 0 Å². The zero-order valence-corrected chi connectivity index (χ0v) is 23.5. The Morgan fingerprint density at radius 3 is 2.26 bits per heavy atom. The number of hydrogen-bond donors (Lipinski definition) is 3. The summed E-state index contributed by atoms with van der Waals surface area (Å²) in [6.45, 7) is 11.5. The average molecular weight is 541 g/mol. The lowest BCUT2D eigenvalue weighted by Crippen LogP contribution is -2.50. The van der Waals surface area contributed by atoms with Crippen LogP contribution in [0.15, 0.2) is 30.5 Å². The maximum absolute atomic E-state index is 12.1. The molecule has 2 aromatic rings. The van der Waals surface area contributed by atoms with E-state index in [1.165, 1.54) is 31.5 Å². The van der Waals surface area contributed by atoms with Gasteiger partial charge < -0.3 is 25.2 Å². The van der Waals surface area contributed by atoms with Gasteiger partial charge in [0.2, 0.25) is 0 Å². The number of aromatic carboxylic acids is 1. The lowest BCUT2D eigenvalue weighted by Gasteiger charge is -2.35. The van der Waals surface area contributed by atoms with Crippen molar-refractivity contribution in [2.75, 3.05) is 39.8 Å². The van der Waals surface area contributed by atoms with E-state index in [9.17, 15) is 19.5 Å². The molecule has 0 atom stereocenters. The van der Waals surface area contributed by atoms with Gasteiger partial charge in [-0.05, 0) is 75.8 Å². The first-order valence-electron chi connectivity index (χ1n) is 13.3. The van der Waals surface area contributed by atoms with Crippen LogP contribution < -0.4 is 5.32 Å². The monoisotopic (exact) mass is 540 g/mol. The molecule has 2 aliphatic rings.